The molecule has 0 bridgehead atoms. The highest BCUT2D eigenvalue weighted by Crippen LogP contribution is 2.22. The molecule has 2 heterocycles. The lowest BCUT2D eigenvalue weighted by molar-refractivity contribution is 0.0945. The fraction of sp³-hybridized carbons (Fsp3) is 0.0714. The van der Waals surface area contributed by atoms with Gasteiger partial charge in [0.15, 0.2) is 0 Å². The number of hydrogen-bond donors (Lipinski definition) is 1. The number of rotatable bonds is 3. The van der Waals surface area contributed by atoms with Crippen molar-refractivity contribution >= 4 is 28.3 Å². The van der Waals surface area contributed by atoms with E-state index in [4.69, 9.17) is 16.1 Å². The van der Waals surface area contributed by atoms with E-state index in [1.807, 2.05) is 24.3 Å². The molecular weight excluding hydrogens is 278 g/mol. The summed E-state index contributed by atoms with van der Waals surface area (Å²) >= 11 is 6.09. The van der Waals surface area contributed by atoms with Crippen LogP contribution in [0, 0.1) is 0 Å². The smallest absolute Gasteiger partial charge is 0.270 e. The number of halogens is 1. The monoisotopic (exact) mass is 287 g/mol. The number of aromatic nitrogens is 2. The zero-order valence-electron chi connectivity index (χ0n) is 10.3. The van der Waals surface area contributed by atoms with E-state index in [2.05, 4.69) is 15.5 Å². The molecule has 0 unspecified atom stereocenters. The molecule has 1 N–H and O–H groups in total. The molecule has 0 aliphatic heterocycles. The van der Waals surface area contributed by atoms with Gasteiger partial charge >= 0.3 is 0 Å². The molecular formula is C14H10ClN3O2. The largest absolute Gasteiger partial charge is 0.364 e. The fourth-order valence-electron chi connectivity index (χ4n) is 1.86. The molecule has 2 aromatic heterocycles. The number of fused-ring (bicyclic) bond motifs is 1. The van der Waals surface area contributed by atoms with Crippen LogP contribution in [0.15, 0.2) is 47.2 Å². The Morgan fingerprint density at radius 1 is 1.30 bits per heavy atom. The second-order valence-electron chi connectivity index (χ2n) is 4.19. The van der Waals surface area contributed by atoms with E-state index in [-0.39, 0.29) is 18.1 Å². The number of hydrogen-bond acceptors (Lipinski definition) is 4. The summed E-state index contributed by atoms with van der Waals surface area (Å²) in [5.41, 5.74) is 0.919. The molecule has 1 amide bonds. The van der Waals surface area contributed by atoms with Crippen molar-refractivity contribution in [2.75, 3.05) is 0 Å². The van der Waals surface area contributed by atoms with Gasteiger partial charge in [-0.2, -0.15) is 0 Å². The molecule has 0 atom stereocenters. The topological polar surface area (TPSA) is 68.0 Å². The molecule has 5 nitrogen and oxygen atoms in total. The molecule has 0 fully saturated rings. The van der Waals surface area contributed by atoms with Crippen LogP contribution in [0.4, 0.5) is 0 Å². The van der Waals surface area contributed by atoms with E-state index >= 15 is 0 Å². The summed E-state index contributed by atoms with van der Waals surface area (Å²) in [5, 5.41) is 8.43. The van der Waals surface area contributed by atoms with Crippen LogP contribution in [0.2, 0.25) is 5.15 Å². The third-order valence-electron chi connectivity index (χ3n) is 2.85. The van der Waals surface area contributed by atoms with Crippen molar-refractivity contribution in [3.05, 3.63) is 59.2 Å². The summed E-state index contributed by atoms with van der Waals surface area (Å²) < 4.78 is 4.69. The van der Waals surface area contributed by atoms with E-state index in [9.17, 15) is 4.79 Å². The summed E-state index contributed by atoms with van der Waals surface area (Å²) in [7, 11) is 0. The number of pyridine rings is 1. The zero-order valence-corrected chi connectivity index (χ0v) is 11.1. The van der Waals surface area contributed by atoms with Gasteiger partial charge < -0.3 is 9.84 Å². The molecule has 0 spiro atoms. The van der Waals surface area contributed by atoms with Crippen molar-refractivity contribution in [3.63, 3.8) is 0 Å². The van der Waals surface area contributed by atoms with Gasteiger partial charge in [0.1, 0.15) is 22.8 Å². The maximum absolute atomic E-state index is 12.0. The van der Waals surface area contributed by atoms with Crippen molar-refractivity contribution < 1.29 is 9.32 Å². The highest BCUT2D eigenvalue weighted by Gasteiger charge is 2.11. The summed E-state index contributed by atoms with van der Waals surface area (Å²) in [6.45, 7) is 0.279. The standard InChI is InChI=1S/C14H10ClN3O2/c15-13-11-4-2-1-3-9(11)7-12(17-13)14(19)16-8-10-5-6-20-18-10/h1-7H,8H2,(H,16,19). The first-order valence-corrected chi connectivity index (χ1v) is 6.34. The molecule has 0 aliphatic carbocycles. The van der Waals surface area contributed by atoms with Gasteiger partial charge in [-0.15, -0.1) is 0 Å². The number of benzene rings is 1. The highest BCUT2D eigenvalue weighted by molar-refractivity contribution is 6.34. The number of carbonyl (C=O) groups excluding carboxylic acids is 1. The van der Waals surface area contributed by atoms with Crippen LogP contribution in [0.1, 0.15) is 16.2 Å². The van der Waals surface area contributed by atoms with Crippen LogP contribution >= 0.6 is 11.6 Å². The molecule has 100 valence electrons. The molecule has 0 saturated heterocycles. The van der Waals surface area contributed by atoms with E-state index < -0.39 is 0 Å². The lowest BCUT2D eigenvalue weighted by atomic mass is 10.1. The predicted molar refractivity (Wildman–Crippen MR) is 74.4 cm³/mol. The minimum absolute atomic E-state index is 0.275. The lowest BCUT2D eigenvalue weighted by Crippen LogP contribution is -2.24. The maximum atomic E-state index is 12.0. The Hall–Kier alpha value is -2.40. The Labute approximate surface area is 119 Å². The van der Waals surface area contributed by atoms with Gasteiger partial charge in [0.2, 0.25) is 0 Å². The van der Waals surface area contributed by atoms with Crippen LogP contribution in [0.5, 0.6) is 0 Å². The molecule has 1 aromatic carbocycles. The molecule has 0 saturated carbocycles. The van der Waals surface area contributed by atoms with Crippen LogP contribution in [0.25, 0.3) is 10.8 Å². The van der Waals surface area contributed by atoms with Crippen molar-refractivity contribution in [3.8, 4) is 0 Å². The van der Waals surface area contributed by atoms with Gasteiger partial charge in [-0.3, -0.25) is 4.79 Å². The Bertz CT molecular complexity index is 756. The predicted octanol–water partition coefficient (Wildman–Crippen LogP) is 2.81. The zero-order chi connectivity index (χ0) is 13.9. The van der Waals surface area contributed by atoms with Gasteiger partial charge in [0.05, 0.1) is 6.54 Å². The average Bonchev–Trinajstić information content (AvgIpc) is 2.98. The van der Waals surface area contributed by atoms with Crippen molar-refractivity contribution in [2.24, 2.45) is 0 Å². The number of carbonyl (C=O) groups is 1. The van der Waals surface area contributed by atoms with Gasteiger partial charge in [-0.05, 0) is 11.5 Å². The summed E-state index contributed by atoms with van der Waals surface area (Å²) in [4.78, 5) is 16.2. The third-order valence-corrected chi connectivity index (χ3v) is 3.14. The van der Waals surface area contributed by atoms with Crippen LogP contribution in [-0.4, -0.2) is 16.0 Å². The first kappa shape index (κ1) is 12.6. The van der Waals surface area contributed by atoms with Crippen molar-refractivity contribution in [2.45, 2.75) is 6.54 Å². The maximum Gasteiger partial charge on any atom is 0.270 e. The van der Waals surface area contributed by atoms with Gasteiger partial charge in [0.25, 0.3) is 5.91 Å². The first-order chi connectivity index (χ1) is 9.74. The average molecular weight is 288 g/mol. The van der Waals surface area contributed by atoms with Crippen LogP contribution in [-0.2, 0) is 6.54 Å². The fourth-order valence-corrected chi connectivity index (χ4v) is 2.13. The Morgan fingerprint density at radius 3 is 2.95 bits per heavy atom. The van der Waals surface area contributed by atoms with Gasteiger partial charge in [-0.1, -0.05) is 41.0 Å². The van der Waals surface area contributed by atoms with Gasteiger partial charge in [-0.25, -0.2) is 4.98 Å². The molecule has 0 radical (unpaired) electrons. The highest BCUT2D eigenvalue weighted by atomic mass is 35.5. The lowest BCUT2D eigenvalue weighted by Gasteiger charge is -2.05. The minimum Gasteiger partial charge on any atom is -0.364 e. The molecule has 3 rings (SSSR count). The van der Waals surface area contributed by atoms with Crippen LogP contribution < -0.4 is 5.32 Å². The molecule has 6 heteroatoms. The van der Waals surface area contributed by atoms with Crippen LogP contribution in [0.3, 0.4) is 0 Å². The number of nitrogens with one attached hydrogen (secondary N) is 1. The Kier molecular flexibility index (Phi) is 3.35. The summed E-state index contributed by atoms with van der Waals surface area (Å²) in [5.74, 6) is -0.305. The normalized spacial score (nSPS) is 10.7. The van der Waals surface area contributed by atoms with E-state index in [0.29, 0.717) is 10.8 Å². The van der Waals surface area contributed by atoms with Crippen molar-refractivity contribution in [1.29, 1.82) is 0 Å². The van der Waals surface area contributed by atoms with Gasteiger partial charge in [0, 0.05) is 11.5 Å². The second-order valence-corrected chi connectivity index (χ2v) is 4.55. The SMILES string of the molecule is O=C(NCc1ccon1)c1cc2ccccc2c(Cl)n1. The van der Waals surface area contributed by atoms with E-state index in [1.165, 1.54) is 6.26 Å². The quantitative estimate of drug-likeness (QED) is 0.752. The number of amides is 1. The van der Waals surface area contributed by atoms with E-state index in [0.717, 1.165) is 10.8 Å². The number of nitrogens with zero attached hydrogens (tertiary/aromatic N) is 2. The second kappa shape index (κ2) is 5.30. The summed E-state index contributed by atoms with van der Waals surface area (Å²) in [6, 6.07) is 10.9. The Balaban J connectivity index is 1.84. The summed E-state index contributed by atoms with van der Waals surface area (Å²) in [6.07, 6.45) is 1.45. The molecule has 20 heavy (non-hydrogen) atoms. The third kappa shape index (κ3) is 2.48. The van der Waals surface area contributed by atoms with E-state index in [1.54, 1.807) is 12.1 Å². The first-order valence-electron chi connectivity index (χ1n) is 5.97. The Morgan fingerprint density at radius 2 is 2.15 bits per heavy atom. The molecule has 0 aliphatic rings. The van der Waals surface area contributed by atoms with Crippen molar-refractivity contribution in [1.82, 2.24) is 15.5 Å². The molecule has 3 aromatic rings. The minimum atomic E-state index is -0.305.